The first kappa shape index (κ1) is 15.6. The molecule has 1 atom stereocenters. The van der Waals surface area contributed by atoms with Crippen LogP contribution in [-0.4, -0.2) is 11.9 Å². The molecule has 0 aliphatic rings. The molecule has 0 amide bonds. The largest absolute Gasteiger partial charge is 0.482 e. The van der Waals surface area contributed by atoms with Gasteiger partial charge in [0, 0.05) is 10.6 Å². The highest BCUT2D eigenvalue weighted by Crippen LogP contribution is 2.24. The number of carbonyl (C=O) groups is 1. The number of ketones is 1. The molecular weight excluding hydrogens is 284 g/mol. The fourth-order valence-electron chi connectivity index (χ4n) is 2.17. The lowest BCUT2D eigenvalue weighted by Crippen LogP contribution is -2.25. The highest BCUT2D eigenvalue weighted by molar-refractivity contribution is 6.30. The summed E-state index contributed by atoms with van der Waals surface area (Å²) in [4.78, 5) is 12.6. The van der Waals surface area contributed by atoms with E-state index in [4.69, 9.17) is 16.3 Å². The highest BCUT2D eigenvalue weighted by Gasteiger charge is 2.19. The van der Waals surface area contributed by atoms with Crippen LogP contribution < -0.4 is 4.74 Å². The summed E-state index contributed by atoms with van der Waals surface area (Å²) in [6.07, 6.45) is -0.553. The number of aryl methyl sites for hydroxylation is 3. The smallest absolute Gasteiger partial charge is 0.203 e. The molecule has 0 saturated carbocycles. The van der Waals surface area contributed by atoms with Gasteiger partial charge in [0.15, 0.2) is 6.10 Å². The summed E-state index contributed by atoms with van der Waals surface area (Å²) < 4.78 is 5.80. The first-order valence-corrected chi connectivity index (χ1v) is 7.30. The SMILES string of the molecule is Cc1ccc(C)c(C(=O)C(C)Oc2cc(Cl)ccc2C)c1. The zero-order chi connectivity index (χ0) is 15.6. The molecule has 2 nitrogen and oxygen atoms in total. The summed E-state index contributed by atoms with van der Waals surface area (Å²) in [7, 11) is 0. The summed E-state index contributed by atoms with van der Waals surface area (Å²) in [5.41, 5.74) is 3.70. The molecule has 2 aromatic rings. The van der Waals surface area contributed by atoms with Crippen LogP contribution in [-0.2, 0) is 0 Å². The Kier molecular flexibility index (Phi) is 4.69. The Balaban J connectivity index is 2.23. The average molecular weight is 303 g/mol. The Morgan fingerprint density at radius 2 is 1.71 bits per heavy atom. The molecule has 0 N–H and O–H groups in total. The Bertz CT molecular complexity index is 677. The number of ether oxygens (including phenoxy) is 1. The molecule has 2 aromatic carbocycles. The molecule has 21 heavy (non-hydrogen) atoms. The molecule has 110 valence electrons. The Hall–Kier alpha value is -1.80. The minimum Gasteiger partial charge on any atom is -0.482 e. The molecule has 0 heterocycles. The van der Waals surface area contributed by atoms with Crippen molar-refractivity contribution in [2.45, 2.75) is 33.8 Å². The summed E-state index contributed by atoms with van der Waals surface area (Å²) in [5, 5.41) is 0.599. The minimum atomic E-state index is -0.553. The van der Waals surface area contributed by atoms with Crippen LogP contribution in [0.5, 0.6) is 5.75 Å². The van der Waals surface area contributed by atoms with Gasteiger partial charge >= 0.3 is 0 Å². The zero-order valence-corrected chi connectivity index (χ0v) is 13.5. The van der Waals surface area contributed by atoms with E-state index in [0.29, 0.717) is 16.3 Å². The van der Waals surface area contributed by atoms with Gasteiger partial charge in [-0.15, -0.1) is 0 Å². The van der Waals surface area contributed by atoms with Crippen molar-refractivity contribution in [1.29, 1.82) is 0 Å². The summed E-state index contributed by atoms with van der Waals surface area (Å²) in [5.74, 6) is 0.629. The van der Waals surface area contributed by atoms with Crippen LogP contribution in [0.25, 0.3) is 0 Å². The number of carbonyl (C=O) groups excluding carboxylic acids is 1. The summed E-state index contributed by atoms with van der Waals surface area (Å²) in [6, 6.07) is 11.3. The van der Waals surface area contributed by atoms with Crippen LogP contribution in [0, 0.1) is 20.8 Å². The Morgan fingerprint density at radius 1 is 1.05 bits per heavy atom. The van der Waals surface area contributed by atoms with Crippen molar-refractivity contribution in [2.24, 2.45) is 0 Å². The molecule has 0 radical (unpaired) electrons. The number of benzene rings is 2. The topological polar surface area (TPSA) is 26.3 Å². The van der Waals surface area contributed by atoms with Crippen molar-refractivity contribution in [3.63, 3.8) is 0 Å². The number of Topliss-reactive ketones (excluding diaryl/α,β-unsaturated/α-hetero) is 1. The fraction of sp³-hybridized carbons (Fsp3) is 0.278. The van der Waals surface area contributed by atoms with E-state index in [2.05, 4.69) is 0 Å². The van der Waals surface area contributed by atoms with Crippen molar-refractivity contribution in [1.82, 2.24) is 0 Å². The third-order valence-electron chi connectivity index (χ3n) is 3.48. The van der Waals surface area contributed by atoms with Crippen molar-refractivity contribution >= 4 is 17.4 Å². The Morgan fingerprint density at radius 3 is 2.43 bits per heavy atom. The van der Waals surface area contributed by atoms with E-state index in [9.17, 15) is 4.79 Å². The lowest BCUT2D eigenvalue weighted by molar-refractivity contribution is 0.0816. The molecular formula is C18H19ClO2. The Labute approximate surface area is 130 Å². The molecule has 0 bridgehead atoms. The lowest BCUT2D eigenvalue weighted by Gasteiger charge is -2.17. The monoisotopic (exact) mass is 302 g/mol. The molecule has 1 unspecified atom stereocenters. The van der Waals surface area contributed by atoms with E-state index < -0.39 is 6.10 Å². The minimum absolute atomic E-state index is 0.0180. The van der Waals surface area contributed by atoms with Gasteiger partial charge in [0.05, 0.1) is 0 Å². The second kappa shape index (κ2) is 6.31. The van der Waals surface area contributed by atoms with Crippen LogP contribution in [0.1, 0.15) is 34.0 Å². The lowest BCUT2D eigenvalue weighted by atomic mass is 9.99. The van der Waals surface area contributed by atoms with Crippen molar-refractivity contribution in [3.8, 4) is 5.75 Å². The van der Waals surface area contributed by atoms with Crippen molar-refractivity contribution in [3.05, 3.63) is 63.7 Å². The van der Waals surface area contributed by atoms with E-state index in [-0.39, 0.29) is 5.78 Å². The molecule has 0 spiro atoms. The standard InChI is InChI=1S/C18H19ClO2/c1-11-5-6-12(2)16(9-11)18(20)14(4)21-17-10-15(19)8-7-13(17)3/h5-10,14H,1-4H3. The maximum atomic E-state index is 12.6. The molecule has 2 rings (SSSR count). The zero-order valence-electron chi connectivity index (χ0n) is 12.7. The molecule has 0 aliphatic heterocycles. The van der Waals surface area contributed by atoms with Gasteiger partial charge in [-0.3, -0.25) is 4.79 Å². The number of rotatable bonds is 4. The van der Waals surface area contributed by atoms with Crippen LogP contribution in [0.2, 0.25) is 5.02 Å². The highest BCUT2D eigenvalue weighted by atomic mass is 35.5. The molecule has 0 aromatic heterocycles. The van der Waals surface area contributed by atoms with Gasteiger partial charge in [0.25, 0.3) is 0 Å². The van der Waals surface area contributed by atoms with Gasteiger partial charge in [-0.1, -0.05) is 35.4 Å². The third-order valence-corrected chi connectivity index (χ3v) is 3.72. The molecule has 0 aliphatic carbocycles. The quantitative estimate of drug-likeness (QED) is 0.750. The normalized spacial score (nSPS) is 12.0. The van der Waals surface area contributed by atoms with E-state index in [1.807, 2.05) is 45.0 Å². The maximum Gasteiger partial charge on any atom is 0.203 e. The van der Waals surface area contributed by atoms with Gasteiger partial charge in [0.1, 0.15) is 5.75 Å². The molecule has 3 heteroatoms. The van der Waals surface area contributed by atoms with E-state index in [0.717, 1.165) is 16.7 Å². The second-order valence-electron chi connectivity index (χ2n) is 5.35. The predicted molar refractivity (Wildman–Crippen MR) is 86.5 cm³/mol. The second-order valence-corrected chi connectivity index (χ2v) is 5.79. The van der Waals surface area contributed by atoms with Gasteiger partial charge in [-0.25, -0.2) is 0 Å². The van der Waals surface area contributed by atoms with Crippen LogP contribution in [0.4, 0.5) is 0 Å². The summed E-state index contributed by atoms with van der Waals surface area (Å²) in [6.45, 7) is 7.61. The number of hydrogen-bond acceptors (Lipinski definition) is 2. The van der Waals surface area contributed by atoms with Crippen molar-refractivity contribution < 1.29 is 9.53 Å². The first-order chi connectivity index (χ1) is 9.88. The van der Waals surface area contributed by atoms with Gasteiger partial charge in [-0.2, -0.15) is 0 Å². The van der Waals surface area contributed by atoms with Crippen molar-refractivity contribution in [2.75, 3.05) is 0 Å². The van der Waals surface area contributed by atoms with E-state index >= 15 is 0 Å². The van der Waals surface area contributed by atoms with Gasteiger partial charge in [-0.05, 0) is 57.0 Å². The van der Waals surface area contributed by atoms with Crippen LogP contribution in [0.15, 0.2) is 36.4 Å². The van der Waals surface area contributed by atoms with Gasteiger partial charge < -0.3 is 4.74 Å². The molecule has 0 saturated heterocycles. The van der Waals surface area contributed by atoms with Gasteiger partial charge in [0.2, 0.25) is 5.78 Å². The third kappa shape index (κ3) is 3.64. The number of halogens is 1. The predicted octanol–water partition coefficient (Wildman–Crippen LogP) is 4.92. The number of hydrogen-bond donors (Lipinski definition) is 0. The van der Waals surface area contributed by atoms with E-state index in [1.54, 1.807) is 19.1 Å². The van der Waals surface area contributed by atoms with Crippen LogP contribution in [0.3, 0.4) is 0 Å². The first-order valence-electron chi connectivity index (χ1n) is 6.93. The molecule has 0 fully saturated rings. The maximum absolute atomic E-state index is 12.6. The average Bonchev–Trinajstić information content (AvgIpc) is 2.44. The summed E-state index contributed by atoms with van der Waals surface area (Å²) >= 11 is 5.98. The fourth-order valence-corrected chi connectivity index (χ4v) is 2.33. The van der Waals surface area contributed by atoms with E-state index in [1.165, 1.54) is 0 Å². The van der Waals surface area contributed by atoms with Crippen LogP contribution >= 0.6 is 11.6 Å².